The van der Waals surface area contributed by atoms with Crippen molar-refractivity contribution in [3.63, 3.8) is 0 Å². The minimum atomic E-state index is -0.0625. The van der Waals surface area contributed by atoms with E-state index in [9.17, 15) is 19.2 Å². The number of ketones is 4. The van der Waals surface area contributed by atoms with E-state index in [0.29, 0.717) is 0 Å². The fraction of sp³-hybridized carbons (Fsp3) is 0.444. The summed E-state index contributed by atoms with van der Waals surface area (Å²) >= 11 is 0. The molecule has 2 rings (SSSR count). The Balaban J connectivity index is -0.000000281. The number of carbonyl (C=O) groups is 4. The van der Waals surface area contributed by atoms with Gasteiger partial charge in [-0.1, -0.05) is 0 Å². The van der Waals surface area contributed by atoms with E-state index in [4.69, 9.17) is 0 Å². The molecule has 0 fully saturated rings. The first-order valence-electron chi connectivity index (χ1n) is 7.86. The molecule has 0 aliphatic rings. The molecule has 9 heteroatoms. The molecule has 2 aromatic heterocycles. The minimum absolute atomic E-state index is 0. The van der Waals surface area contributed by atoms with Crippen LogP contribution in [-0.4, -0.2) is 42.2 Å². The van der Waals surface area contributed by atoms with Crippen LogP contribution in [0.3, 0.4) is 0 Å². The topological polar surface area (TPSA) is 104 Å². The summed E-state index contributed by atoms with van der Waals surface area (Å²) in [7, 11) is 3.88. The maximum Gasteiger partial charge on any atom is 0.137 e. The summed E-state index contributed by atoms with van der Waals surface area (Å²) in [6, 6.07) is 0. The summed E-state index contributed by atoms with van der Waals surface area (Å²) in [4.78, 5) is 47.7. The number of hydrogen-bond donors (Lipinski definition) is 0. The molecular formula is C18H28N4NiO4. The summed E-state index contributed by atoms with van der Waals surface area (Å²) < 4.78 is 3.78. The van der Waals surface area contributed by atoms with E-state index in [2.05, 4.69) is 9.97 Å². The van der Waals surface area contributed by atoms with Crippen molar-refractivity contribution in [3.05, 3.63) is 37.4 Å². The van der Waals surface area contributed by atoms with E-state index in [-0.39, 0.29) is 52.5 Å². The molecule has 0 bridgehead atoms. The summed E-state index contributed by atoms with van der Waals surface area (Å²) in [5.41, 5.74) is 0. The van der Waals surface area contributed by atoms with Gasteiger partial charge in [-0.3, -0.25) is 19.2 Å². The first-order valence-corrected chi connectivity index (χ1v) is 7.86. The summed E-state index contributed by atoms with van der Waals surface area (Å²) in [6.07, 6.45) is 10.9. The van der Waals surface area contributed by atoms with Crippen molar-refractivity contribution in [2.75, 3.05) is 0 Å². The number of aromatic nitrogens is 4. The maximum atomic E-state index is 10.0. The van der Waals surface area contributed by atoms with Crippen molar-refractivity contribution in [3.8, 4) is 0 Å². The minimum Gasteiger partial charge on any atom is -0.341 e. The van der Waals surface area contributed by atoms with Gasteiger partial charge in [-0.05, 0) is 27.7 Å². The zero-order valence-corrected chi connectivity index (χ0v) is 17.6. The molecule has 0 aromatic carbocycles. The van der Waals surface area contributed by atoms with E-state index in [1.54, 1.807) is 25.0 Å². The molecule has 0 saturated heterocycles. The standard InChI is InChI=1S/2C5H8O2.2C4H6N2.Ni/c2*1-4(6)3-5(2)7;2*1-6-3-2-5-4-6;/h2*3H2,1-2H3;2*2-4H,1H3;. The molecule has 0 saturated carbocycles. The third-order valence-electron chi connectivity index (χ3n) is 2.27. The predicted octanol–water partition coefficient (Wildman–Crippen LogP) is 1.95. The maximum absolute atomic E-state index is 10.0. The molecule has 0 N–H and O–H groups in total. The molecule has 27 heavy (non-hydrogen) atoms. The average Bonchev–Trinajstić information content (AvgIpc) is 3.11. The SMILES string of the molecule is CC(=O)CC(C)=O.CC(=O)CC(C)=O.Cn1ccnc1.Cn1ccnc1.[Ni]. The van der Waals surface area contributed by atoms with Crippen molar-refractivity contribution >= 4 is 23.1 Å². The Morgan fingerprint density at radius 1 is 0.667 bits per heavy atom. The quantitative estimate of drug-likeness (QED) is 0.550. The van der Waals surface area contributed by atoms with Gasteiger partial charge in [0.1, 0.15) is 23.1 Å². The van der Waals surface area contributed by atoms with E-state index in [0.717, 1.165) is 0 Å². The zero-order chi connectivity index (χ0) is 20.5. The van der Waals surface area contributed by atoms with Gasteiger partial charge in [0.2, 0.25) is 0 Å². The third kappa shape index (κ3) is 28.7. The molecule has 2 heterocycles. The Bertz CT molecular complexity index is 571. The second-order valence-corrected chi connectivity index (χ2v) is 5.62. The van der Waals surface area contributed by atoms with Gasteiger partial charge >= 0.3 is 0 Å². The number of aryl methyl sites for hydroxylation is 2. The number of rotatable bonds is 4. The van der Waals surface area contributed by atoms with Gasteiger partial charge in [-0.25, -0.2) is 9.97 Å². The van der Waals surface area contributed by atoms with Gasteiger partial charge in [0.15, 0.2) is 0 Å². The molecule has 154 valence electrons. The van der Waals surface area contributed by atoms with E-state index in [1.807, 2.05) is 35.6 Å². The molecule has 2 aromatic rings. The zero-order valence-electron chi connectivity index (χ0n) is 16.6. The molecular weight excluding hydrogens is 395 g/mol. The third-order valence-corrected chi connectivity index (χ3v) is 2.27. The molecule has 0 amide bonds. The Morgan fingerprint density at radius 3 is 0.963 bits per heavy atom. The predicted molar refractivity (Wildman–Crippen MR) is 98.4 cm³/mol. The number of imidazole rings is 2. The fourth-order valence-corrected chi connectivity index (χ4v) is 1.35. The average molecular weight is 423 g/mol. The molecule has 8 nitrogen and oxygen atoms in total. The van der Waals surface area contributed by atoms with Crippen LogP contribution in [0, 0.1) is 0 Å². The largest absolute Gasteiger partial charge is 0.341 e. The van der Waals surface area contributed by atoms with E-state index < -0.39 is 0 Å². The number of carbonyl (C=O) groups excluding carboxylic acids is 4. The Kier molecular flexibility index (Phi) is 20.0. The number of nitrogens with zero attached hydrogens (tertiary/aromatic N) is 4. The van der Waals surface area contributed by atoms with Gasteiger partial charge in [0.05, 0.1) is 25.5 Å². The first-order chi connectivity index (χ1) is 12.0. The van der Waals surface area contributed by atoms with Crippen LogP contribution >= 0.6 is 0 Å². The monoisotopic (exact) mass is 422 g/mol. The summed E-state index contributed by atoms with van der Waals surface area (Å²) in [5.74, 6) is -0.250. The van der Waals surface area contributed by atoms with Crippen LogP contribution in [0.1, 0.15) is 40.5 Å². The normalized spacial score (nSPS) is 8.22. The summed E-state index contributed by atoms with van der Waals surface area (Å²) in [5, 5.41) is 0. The van der Waals surface area contributed by atoms with Crippen LogP contribution in [0.4, 0.5) is 0 Å². The molecule has 0 aliphatic heterocycles. The van der Waals surface area contributed by atoms with E-state index >= 15 is 0 Å². The Morgan fingerprint density at radius 2 is 0.926 bits per heavy atom. The van der Waals surface area contributed by atoms with Gasteiger partial charge in [-0.2, -0.15) is 0 Å². The summed E-state index contributed by atoms with van der Waals surface area (Å²) in [6.45, 7) is 5.62. The second-order valence-electron chi connectivity index (χ2n) is 5.62. The molecule has 0 unspecified atom stereocenters. The van der Waals surface area contributed by atoms with Crippen molar-refractivity contribution in [1.29, 1.82) is 0 Å². The smallest absolute Gasteiger partial charge is 0.137 e. The molecule has 0 atom stereocenters. The Hall–Kier alpha value is -2.41. The van der Waals surface area contributed by atoms with Crippen molar-refractivity contribution in [2.24, 2.45) is 14.1 Å². The second kappa shape index (κ2) is 18.4. The van der Waals surface area contributed by atoms with Crippen molar-refractivity contribution in [1.82, 2.24) is 19.1 Å². The van der Waals surface area contributed by atoms with Gasteiger partial charge in [0.25, 0.3) is 0 Å². The molecule has 0 spiro atoms. The first kappa shape index (κ1) is 29.4. The molecule has 0 aliphatic carbocycles. The number of hydrogen-bond acceptors (Lipinski definition) is 6. The van der Waals surface area contributed by atoms with Gasteiger partial charge < -0.3 is 9.13 Å². The van der Waals surface area contributed by atoms with Crippen LogP contribution < -0.4 is 0 Å². The fourth-order valence-electron chi connectivity index (χ4n) is 1.35. The van der Waals surface area contributed by atoms with Crippen molar-refractivity contribution in [2.45, 2.75) is 40.5 Å². The van der Waals surface area contributed by atoms with Gasteiger partial charge in [-0.15, -0.1) is 0 Å². The number of Topliss-reactive ketones (excluding diaryl/α,β-unsaturated/α-hetero) is 4. The van der Waals surface area contributed by atoms with E-state index in [1.165, 1.54) is 27.7 Å². The van der Waals surface area contributed by atoms with Crippen LogP contribution in [-0.2, 0) is 49.8 Å². The molecule has 0 radical (unpaired) electrons. The van der Waals surface area contributed by atoms with Crippen LogP contribution in [0.2, 0.25) is 0 Å². The van der Waals surface area contributed by atoms with Crippen molar-refractivity contribution < 1.29 is 35.7 Å². The Labute approximate surface area is 170 Å². The van der Waals surface area contributed by atoms with Crippen LogP contribution in [0.5, 0.6) is 0 Å². The van der Waals surface area contributed by atoms with Gasteiger partial charge in [0, 0.05) is 55.4 Å². The van der Waals surface area contributed by atoms with Crippen LogP contribution in [0.25, 0.3) is 0 Å². The van der Waals surface area contributed by atoms with Crippen LogP contribution in [0.15, 0.2) is 37.4 Å².